The molecule has 3 rings (SSSR count). The van der Waals surface area contributed by atoms with Crippen molar-refractivity contribution in [1.82, 2.24) is 15.3 Å². The molecule has 1 N–H and O–H groups in total. The average molecular weight is 213 g/mol. The standard InChI is InChI=1S/C13H15N3/c1-2-11-8-12(10-3-6-14-7-4-10)16-9-13(11)15-5-1/h1-2,5,8-10,14H,3-4,6-7H2. The zero-order valence-electron chi connectivity index (χ0n) is 9.19. The van der Waals surface area contributed by atoms with E-state index in [9.17, 15) is 0 Å². The molecule has 3 heterocycles. The molecule has 1 aliphatic rings. The van der Waals surface area contributed by atoms with Crippen molar-refractivity contribution in [2.24, 2.45) is 0 Å². The van der Waals surface area contributed by atoms with Crippen LogP contribution in [0.2, 0.25) is 0 Å². The summed E-state index contributed by atoms with van der Waals surface area (Å²) in [6.07, 6.45) is 6.10. The lowest BCUT2D eigenvalue weighted by Gasteiger charge is -2.22. The lowest BCUT2D eigenvalue weighted by atomic mass is 9.93. The van der Waals surface area contributed by atoms with Gasteiger partial charge in [0.1, 0.15) is 0 Å². The van der Waals surface area contributed by atoms with E-state index in [1.807, 2.05) is 18.5 Å². The minimum absolute atomic E-state index is 0.617. The van der Waals surface area contributed by atoms with Crippen LogP contribution in [0.15, 0.2) is 30.6 Å². The summed E-state index contributed by atoms with van der Waals surface area (Å²) >= 11 is 0. The number of rotatable bonds is 1. The Labute approximate surface area is 94.9 Å². The summed E-state index contributed by atoms with van der Waals surface area (Å²) in [6.45, 7) is 2.22. The minimum Gasteiger partial charge on any atom is -0.317 e. The van der Waals surface area contributed by atoms with Crippen molar-refractivity contribution in [1.29, 1.82) is 0 Å². The van der Waals surface area contributed by atoms with Gasteiger partial charge in [0.15, 0.2) is 0 Å². The van der Waals surface area contributed by atoms with Crippen molar-refractivity contribution in [2.45, 2.75) is 18.8 Å². The summed E-state index contributed by atoms with van der Waals surface area (Å²) in [5, 5.41) is 4.58. The van der Waals surface area contributed by atoms with Crippen LogP contribution in [0.4, 0.5) is 0 Å². The van der Waals surface area contributed by atoms with Crippen LogP contribution < -0.4 is 5.32 Å². The van der Waals surface area contributed by atoms with E-state index in [-0.39, 0.29) is 0 Å². The van der Waals surface area contributed by atoms with Gasteiger partial charge in [0.2, 0.25) is 0 Å². The molecule has 0 aromatic carbocycles. The molecule has 1 fully saturated rings. The number of hydrogen-bond donors (Lipinski definition) is 1. The topological polar surface area (TPSA) is 37.8 Å². The molecule has 0 atom stereocenters. The number of fused-ring (bicyclic) bond motifs is 1. The fourth-order valence-electron chi connectivity index (χ4n) is 2.33. The molecule has 1 aliphatic heterocycles. The molecule has 3 heteroatoms. The summed E-state index contributed by atoms with van der Waals surface area (Å²) < 4.78 is 0. The van der Waals surface area contributed by atoms with Crippen molar-refractivity contribution < 1.29 is 0 Å². The zero-order chi connectivity index (χ0) is 10.8. The van der Waals surface area contributed by atoms with E-state index < -0.39 is 0 Å². The number of piperidine rings is 1. The predicted molar refractivity (Wildman–Crippen MR) is 64.4 cm³/mol. The van der Waals surface area contributed by atoms with Crippen LogP contribution in [0.25, 0.3) is 10.9 Å². The van der Waals surface area contributed by atoms with Crippen LogP contribution in [0, 0.1) is 0 Å². The third-order valence-electron chi connectivity index (χ3n) is 3.27. The molecule has 3 nitrogen and oxygen atoms in total. The van der Waals surface area contributed by atoms with Gasteiger partial charge < -0.3 is 5.32 Å². The van der Waals surface area contributed by atoms with Gasteiger partial charge in [-0.15, -0.1) is 0 Å². The molecule has 0 bridgehead atoms. The van der Waals surface area contributed by atoms with Gasteiger partial charge in [-0.3, -0.25) is 9.97 Å². The van der Waals surface area contributed by atoms with E-state index in [0.717, 1.165) is 18.6 Å². The molecular weight excluding hydrogens is 198 g/mol. The van der Waals surface area contributed by atoms with Gasteiger partial charge in [-0.1, -0.05) is 6.07 Å². The fraction of sp³-hybridized carbons (Fsp3) is 0.385. The van der Waals surface area contributed by atoms with Crippen LogP contribution >= 0.6 is 0 Å². The van der Waals surface area contributed by atoms with Gasteiger partial charge in [-0.25, -0.2) is 0 Å². The molecule has 0 aliphatic carbocycles. The SMILES string of the molecule is c1cnc2cnc(C3CCNCC3)cc2c1. The maximum Gasteiger partial charge on any atom is 0.0885 e. The number of nitrogens with zero attached hydrogens (tertiary/aromatic N) is 2. The Bertz CT molecular complexity index is 489. The molecule has 2 aromatic heterocycles. The largest absolute Gasteiger partial charge is 0.317 e. The van der Waals surface area contributed by atoms with Crippen LogP contribution in [0.3, 0.4) is 0 Å². The highest BCUT2D eigenvalue weighted by Gasteiger charge is 2.16. The quantitative estimate of drug-likeness (QED) is 0.788. The van der Waals surface area contributed by atoms with Crippen molar-refractivity contribution in [3.8, 4) is 0 Å². The third kappa shape index (κ3) is 1.78. The second kappa shape index (κ2) is 4.18. The summed E-state index contributed by atoms with van der Waals surface area (Å²) in [7, 11) is 0. The second-order valence-electron chi connectivity index (χ2n) is 4.33. The lowest BCUT2D eigenvalue weighted by Crippen LogP contribution is -2.27. The van der Waals surface area contributed by atoms with Gasteiger partial charge in [0.25, 0.3) is 0 Å². The summed E-state index contributed by atoms with van der Waals surface area (Å²) in [5.74, 6) is 0.617. The molecule has 0 saturated carbocycles. The van der Waals surface area contributed by atoms with Crippen molar-refractivity contribution in [3.63, 3.8) is 0 Å². The highest BCUT2D eigenvalue weighted by Crippen LogP contribution is 2.25. The number of nitrogens with one attached hydrogen (secondary N) is 1. The first-order valence-corrected chi connectivity index (χ1v) is 5.85. The Morgan fingerprint density at radius 1 is 1.19 bits per heavy atom. The molecule has 1 saturated heterocycles. The molecule has 0 unspecified atom stereocenters. The fourth-order valence-corrected chi connectivity index (χ4v) is 2.33. The van der Waals surface area contributed by atoms with E-state index in [2.05, 4.69) is 27.4 Å². The maximum atomic E-state index is 4.54. The van der Waals surface area contributed by atoms with Gasteiger partial charge in [-0.2, -0.15) is 0 Å². The van der Waals surface area contributed by atoms with Crippen LogP contribution in [-0.4, -0.2) is 23.1 Å². The lowest BCUT2D eigenvalue weighted by molar-refractivity contribution is 0.453. The molecule has 0 spiro atoms. The number of hydrogen-bond acceptors (Lipinski definition) is 3. The van der Waals surface area contributed by atoms with Crippen LogP contribution in [-0.2, 0) is 0 Å². The van der Waals surface area contributed by atoms with E-state index >= 15 is 0 Å². The Morgan fingerprint density at radius 3 is 2.94 bits per heavy atom. The molecular formula is C13H15N3. The Kier molecular flexibility index (Phi) is 2.54. The van der Waals surface area contributed by atoms with Gasteiger partial charge >= 0.3 is 0 Å². The predicted octanol–water partition coefficient (Wildman–Crippen LogP) is 2.10. The number of pyridine rings is 2. The van der Waals surface area contributed by atoms with Crippen molar-refractivity contribution in [2.75, 3.05) is 13.1 Å². The Morgan fingerprint density at radius 2 is 2.06 bits per heavy atom. The van der Waals surface area contributed by atoms with Crippen LogP contribution in [0.5, 0.6) is 0 Å². The van der Waals surface area contributed by atoms with E-state index in [4.69, 9.17) is 0 Å². The normalized spacial score (nSPS) is 17.8. The smallest absolute Gasteiger partial charge is 0.0885 e. The molecule has 16 heavy (non-hydrogen) atoms. The first kappa shape index (κ1) is 9.73. The van der Waals surface area contributed by atoms with E-state index in [1.54, 1.807) is 0 Å². The first-order valence-electron chi connectivity index (χ1n) is 5.85. The highest BCUT2D eigenvalue weighted by atomic mass is 14.9. The summed E-state index contributed by atoms with van der Waals surface area (Å²) in [4.78, 5) is 8.83. The van der Waals surface area contributed by atoms with Gasteiger partial charge in [0, 0.05) is 23.2 Å². The van der Waals surface area contributed by atoms with Crippen molar-refractivity contribution >= 4 is 10.9 Å². The van der Waals surface area contributed by atoms with Gasteiger partial charge in [-0.05, 0) is 38.1 Å². The van der Waals surface area contributed by atoms with E-state index in [1.165, 1.54) is 23.9 Å². The monoisotopic (exact) mass is 213 g/mol. The molecule has 82 valence electrons. The van der Waals surface area contributed by atoms with Crippen molar-refractivity contribution in [3.05, 3.63) is 36.3 Å². The Hall–Kier alpha value is -1.48. The summed E-state index contributed by atoms with van der Waals surface area (Å²) in [5.41, 5.74) is 2.21. The maximum absolute atomic E-state index is 4.54. The molecule has 0 radical (unpaired) electrons. The highest BCUT2D eigenvalue weighted by molar-refractivity contribution is 5.77. The second-order valence-corrected chi connectivity index (χ2v) is 4.33. The van der Waals surface area contributed by atoms with Crippen LogP contribution in [0.1, 0.15) is 24.5 Å². The Balaban J connectivity index is 1.97. The zero-order valence-corrected chi connectivity index (χ0v) is 9.19. The third-order valence-corrected chi connectivity index (χ3v) is 3.27. The molecule has 0 amide bonds. The minimum atomic E-state index is 0.617. The average Bonchev–Trinajstić information content (AvgIpc) is 2.39. The summed E-state index contributed by atoms with van der Waals surface area (Å²) in [6, 6.07) is 6.28. The van der Waals surface area contributed by atoms with E-state index in [0.29, 0.717) is 5.92 Å². The van der Waals surface area contributed by atoms with Gasteiger partial charge in [0.05, 0.1) is 11.7 Å². The first-order chi connectivity index (χ1) is 7.93. The number of aromatic nitrogens is 2. The molecule has 2 aromatic rings.